The zero-order chi connectivity index (χ0) is 14.3. The molecule has 106 valence electrons. The maximum Gasteiger partial charge on any atom is 0.253 e. The van der Waals surface area contributed by atoms with Crippen LogP contribution in [0.3, 0.4) is 0 Å². The summed E-state index contributed by atoms with van der Waals surface area (Å²) in [7, 11) is 0. The van der Waals surface area contributed by atoms with E-state index in [1.807, 2.05) is 4.90 Å². The Bertz CT molecular complexity index is 413. The number of benzene rings is 1. The molecule has 1 rings (SSSR count). The molecule has 0 atom stereocenters. The normalized spacial score (nSPS) is 10.5. The van der Waals surface area contributed by atoms with E-state index in [0.717, 1.165) is 42.3 Å². The Morgan fingerprint density at radius 2 is 1.79 bits per heavy atom. The van der Waals surface area contributed by atoms with Crippen LogP contribution in [0.2, 0.25) is 0 Å². The Labute approximate surface area is 129 Å². The average Bonchev–Trinajstić information content (AvgIpc) is 2.41. The number of hydrogen-bond acceptors (Lipinski definition) is 2. The van der Waals surface area contributed by atoms with Gasteiger partial charge >= 0.3 is 0 Å². The fraction of sp³-hybridized carbons (Fsp3) is 0.533. The van der Waals surface area contributed by atoms with Crippen LogP contribution in [-0.2, 0) is 0 Å². The van der Waals surface area contributed by atoms with Crippen molar-refractivity contribution in [2.24, 2.45) is 0 Å². The fourth-order valence-electron chi connectivity index (χ4n) is 1.84. The van der Waals surface area contributed by atoms with Gasteiger partial charge in [0.1, 0.15) is 5.75 Å². The van der Waals surface area contributed by atoms with Crippen LogP contribution in [0.15, 0.2) is 18.2 Å². The lowest BCUT2D eigenvalue weighted by Gasteiger charge is -2.22. The minimum Gasteiger partial charge on any atom is -0.507 e. The predicted octanol–water partition coefficient (Wildman–Crippen LogP) is 4.04. The molecular formula is C15H22INO2. The maximum atomic E-state index is 12.4. The highest BCUT2D eigenvalue weighted by molar-refractivity contribution is 14.1. The average molecular weight is 375 g/mol. The van der Waals surface area contributed by atoms with E-state index in [-0.39, 0.29) is 11.7 Å². The summed E-state index contributed by atoms with van der Waals surface area (Å²) in [5.74, 6) is 0.200. The molecule has 0 aliphatic heterocycles. The second-order valence-electron chi connectivity index (χ2n) is 4.67. The largest absolute Gasteiger partial charge is 0.507 e. The van der Waals surface area contributed by atoms with Crippen molar-refractivity contribution in [3.63, 3.8) is 0 Å². The SMILES string of the molecule is CCCCN(CCCC)C(=O)c1ccc(I)c(O)c1. The lowest BCUT2D eigenvalue weighted by Crippen LogP contribution is -2.32. The summed E-state index contributed by atoms with van der Waals surface area (Å²) < 4.78 is 0.766. The van der Waals surface area contributed by atoms with E-state index in [2.05, 4.69) is 36.4 Å². The number of hydrogen-bond donors (Lipinski definition) is 1. The summed E-state index contributed by atoms with van der Waals surface area (Å²) in [6.45, 7) is 5.84. The molecule has 0 bridgehead atoms. The van der Waals surface area contributed by atoms with Gasteiger partial charge in [-0.2, -0.15) is 0 Å². The molecule has 4 heteroatoms. The highest BCUT2D eigenvalue weighted by atomic mass is 127. The molecule has 0 saturated heterocycles. The molecule has 1 aromatic rings. The first-order chi connectivity index (χ1) is 9.10. The number of halogens is 1. The summed E-state index contributed by atoms with van der Waals surface area (Å²) in [4.78, 5) is 14.3. The lowest BCUT2D eigenvalue weighted by atomic mass is 10.1. The van der Waals surface area contributed by atoms with Crippen molar-refractivity contribution >= 4 is 28.5 Å². The van der Waals surface area contributed by atoms with Crippen LogP contribution in [0.5, 0.6) is 5.75 Å². The number of rotatable bonds is 7. The number of phenols is 1. The number of amides is 1. The van der Waals surface area contributed by atoms with E-state index in [1.165, 1.54) is 0 Å². The molecule has 0 spiro atoms. The van der Waals surface area contributed by atoms with Crippen LogP contribution >= 0.6 is 22.6 Å². The third-order valence-electron chi connectivity index (χ3n) is 3.04. The Balaban J connectivity index is 2.81. The molecule has 0 aromatic heterocycles. The Kier molecular flexibility index (Phi) is 7.20. The van der Waals surface area contributed by atoms with Gasteiger partial charge in [-0.1, -0.05) is 26.7 Å². The molecule has 0 aliphatic rings. The fourth-order valence-corrected chi connectivity index (χ4v) is 2.18. The monoisotopic (exact) mass is 375 g/mol. The van der Waals surface area contributed by atoms with Gasteiger partial charge in [0.25, 0.3) is 5.91 Å². The molecule has 1 amide bonds. The second-order valence-corrected chi connectivity index (χ2v) is 5.83. The van der Waals surface area contributed by atoms with E-state index in [4.69, 9.17) is 0 Å². The molecule has 0 radical (unpaired) electrons. The minimum atomic E-state index is 0.0219. The van der Waals surface area contributed by atoms with Crippen LogP contribution < -0.4 is 0 Å². The molecule has 0 fully saturated rings. The first kappa shape index (κ1) is 16.3. The van der Waals surface area contributed by atoms with E-state index in [0.29, 0.717) is 5.56 Å². The van der Waals surface area contributed by atoms with Crippen molar-refractivity contribution in [1.29, 1.82) is 0 Å². The van der Waals surface area contributed by atoms with Gasteiger partial charge in [0.05, 0.1) is 3.57 Å². The predicted molar refractivity (Wildman–Crippen MR) is 86.5 cm³/mol. The molecule has 0 aliphatic carbocycles. The molecular weight excluding hydrogens is 353 g/mol. The van der Waals surface area contributed by atoms with E-state index in [9.17, 15) is 9.90 Å². The van der Waals surface area contributed by atoms with Crippen molar-refractivity contribution in [3.8, 4) is 5.75 Å². The van der Waals surface area contributed by atoms with Gasteiger partial charge in [-0.25, -0.2) is 0 Å². The first-order valence-electron chi connectivity index (χ1n) is 6.88. The summed E-state index contributed by atoms with van der Waals surface area (Å²) in [5.41, 5.74) is 0.574. The Morgan fingerprint density at radius 3 is 2.26 bits per heavy atom. The molecule has 1 aromatic carbocycles. The number of carbonyl (C=O) groups excluding carboxylic acids is 1. The van der Waals surface area contributed by atoms with Crippen LogP contribution in [0.1, 0.15) is 49.9 Å². The van der Waals surface area contributed by atoms with Crippen molar-refractivity contribution in [3.05, 3.63) is 27.3 Å². The lowest BCUT2D eigenvalue weighted by molar-refractivity contribution is 0.0750. The first-order valence-corrected chi connectivity index (χ1v) is 7.95. The number of phenolic OH excluding ortho intramolecular Hbond substituents is 1. The Hall–Kier alpha value is -0.780. The molecule has 1 N–H and O–H groups in total. The molecule has 3 nitrogen and oxygen atoms in total. The summed E-state index contributed by atoms with van der Waals surface area (Å²) in [6.07, 6.45) is 4.19. The number of unbranched alkanes of at least 4 members (excludes halogenated alkanes) is 2. The van der Waals surface area contributed by atoms with Gasteiger partial charge < -0.3 is 10.0 Å². The van der Waals surface area contributed by atoms with Gasteiger partial charge in [-0.15, -0.1) is 0 Å². The van der Waals surface area contributed by atoms with Gasteiger partial charge in [0, 0.05) is 18.7 Å². The van der Waals surface area contributed by atoms with Gasteiger partial charge in [0.2, 0.25) is 0 Å². The highest BCUT2D eigenvalue weighted by Crippen LogP contribution is 2.21. The third-order valence-corrected chi connectivity index (χ3v) is 3.96. The van der Waals surface area contributed by atoms with Crippen molar-refractivity contribution in [1.82, 2.24) is 4.90 Å². The quantitative estimate of drug-likeness (QED) is 0.731. The smallest absolute Gasteiger partial charge is 0.253 e. The standard InChI is InChI=1S/C15H22INO2/c1-3-5-9-17(10-6-4-2)15(19)12-7-8-13(16)14(18)11-12/h7-8,11,18H,3-6,9-10H2,1-2H3. The van der Waals surface area contributed by atoms with Gasteiger partial charge in [-0.05, 0) is 53.6 Å². The third kappa shape index (κ3) is 5.01. The second kappa shape index (κ2) is 8.40. The van der Waals surface area contributed by atoms with Crippen LogP contribution in [0, 0.1) is 3.57 Å². The zero-order valence-corrected chi connectivity index (χ0v) is 13.8. The maximum absolute atomic E-state index is 12.4. The number of aromatic hydroxyl groups is 1. The van der Waals surface area contributed by atoms with Crippen LogP contribution in [0.4, 0.5) is 0 Å². The van der Waals surface area contributed by atoms with E-state index < -0.39 is 0 Å². The topological polar surface area (TPSA) is 40.5 Å². The van der Waals surface area contributed by atoms with Gasteiger partial charge in [0.15, 0.2) is 0 Å². The van der Waals surface area contributed by atoms with Crippen molar-refractivity contribution in [2.75, 3.05) is 13.1 Å². The molecule has 0 heterocycles. The number of nitrogens with zero attached hydrogens (tertiary/aromatic N) is 1. The van der Waals surface area contributed by atoms with E-state index >= 15 is 0 Å². The van der Waals surface area contributed by atoms with Crippen LogP contribution in [0.25, 0.3) is 0 Å². The number of carbonyl (C=O) groups is 1. The molecule has 19 heavy (non-hydrogen) atoms. The summed E-state index contributed by atoms with van der Waals surface area (Å²) in [6, 6.07) is 5.13. The van der Waals surface area contributed by atoms with Gasteiger partial charge in [-0.3, -0.25) is 4.79 Å². The minimum absolute atomic E-state index is 0.0219. The molecule has 0 saturated carbocycles. The Morgan fingerprint density at radius 1 is 1.21 bits per heavy atom. The molecule has 0 unspecified atom stereocenters. The summed E-state index contributed by atoms with van der Waals surface area (Å²) >= 11 is 2.05. The highest BCUT2D eigenvalue weighted by Gasteiger charge is 2.15. The summed E-state index contributed by atoms with van der Waals surface area (Å²) in [5, 5.41) is 9.70. The zero-order valence-electron chi connectivity index (χ0n) is 11.7. The van der Waals surface area contributed by atoms with Crippen LogP contribution in [-0.4, -0.2) is 29.0 Å². The van der Waals surface area contributed by atoms with Crippen molar-refractivity contribution < 1.29 is 9.90 Å². The van der Waals surface area contributed by atoms with Crippen molar-refractivity contribution in [2.45, 2.75) is 39.5 Å². The van der Waals surface area contributed by atoms with E-state index in [1.54, 1.807) is 18.2 Å².